The minimum atomic E-state index is -3.73. The fraction of sp³-hybridized carbons (Fsp3) is 0.304. The van der Waals surface area contributed by atoms with Gasteiger partial charge in [0.1, 0.15) is 11.6 Å². The monoisotopic (exact) mass is 518 g/mol. The van der Waals surface area contributed by atoms with Crippen molar-refractivity contribution in [1.29, 1.82) is 0 Å². The van der Waals surface area contributed by atoms with Gasteiger partial charge >= 0.3 is 6.09 Å². The second-order valence-electron chi connectivity index (χ2n) is 7.84. The molecule has 3 aromatic rings. The quantitative estimate of drug-likeness (QED) is 0.330. The van der Waals surface area contributed by atoms with Crippen molar-refractivity contribution in [2.24, 2.45) is 5.14 Å². The van der Waals surface area contributed by atoms with Crippen LogP contribution in [0.2, 0.25) is 0 Å². The maximum Gasteiger partial charge on any atom is 0.408 e. The lowest BCUT2D eigenvalue weighted by Crippen LogP contribution is -2.32. The smallest absolute Gasteiger partial charge is 0.408 e. The Hall–Kier alpha value is -3.19. The molecule has 1 aliphatic rings. The molecule has 10 nitrogen and oxygen atoms in total. The van der Waals surface area contributed by atoms with E-state index in [0.29, 0.717) is 36.5 Å². The number of aromatic nitrogens is 1. The second-order valence-corrected chi connectivity index (χ2v) is 10.1. The third kappa shape index (κ3) is 7.39. The Bertz CT molecular complexity index is 1250. The Morgan fingerprint density at radius 1 is 1.14 bits per heavy atom. The molecule has 35 heavy (non-hydrogen) atoms. The second kappa shape index (κ2) is 11.5. The summed E-state index contributed by atoms with van der Waals surface area (Å²) in [6.45, 7) is 0.556. The molecule has 4 rings (SSSR count). The lowest BCUT2D eigenvalue weighted by Gasteiger charge is -2.17. The molecule has 1 aromatic heterocycles. The van der Waals surface area contributed by atoms with Gasteiger partial charge in [-0.1, -0.05) is 30.3 Å². The summed E-state index contributed by atoms with van der Waals surface area (Å²) in [6.07, 6.45) is 1.16. The van der Waals surface area contributed by atoms with Gasteiger partial charge in [-0.25, -0.2) is 19.6 Å². The number of unbranched alkanes of at least 4 members (excludes halogenated alkanes) is 1. The van der Waals surface area contributed by atoms with Gasteiger partial charge < -0.3 is 19.5 Å². The van der Waals surface area contributed by atoms with Gasteiger partial charge in [0.2, 0.25) is 6.79 Å². The number of nitrogens with zero attached hydrogens (tertiary/aromatic N) is 1. The van der Waals surface area contributed by atoms with Crippen molar-refractivity contribution >= 4 is 27.6 Å². The van der Waals surface area contributed by atoms with Crippen LogP contribution in [0.5, 0.6) is 11.5 Å². The maximum atomic E-state index is 12.5. The Morgan fingerprint density at radius 3 is 2.74 bits per heavy atom. The fourth-order valence-corrected chi connectivity index (χ4v) is 4.80. The van der Waals surface area contributed by atoms with Crippen LogP contribution in [0.3, 0.4) is 0 Å². The minimum Gasteiger partial charge on any atom is -0.454 e. The number of nitrogens with one attached hydrogen (secondary N) is 2. The van der Waals surface area contributed by atoms with Gasteiger partial charge in [0.15, 0.2) is 11.5 Å². The molecule has 0 saturated carbocycles. The lowest BCUT2D eigenvalue weighted by atomic mass is 10.1. The summed E-state index contributed by atoms with van der Waals surface area (Å²) in [4.78, 5) is 17.3. The summed E-state index contributed by atoms with van der Waals surface area (Å²) >= 11 is 1.45. The van der Waals surface area contributed by atoms with Gasteiger partial charge in [0, 0.05) is 17.5 Å². The van der Waals surface area contributed by atoms with Gasteiger partial charge in [-0.15, -0.1) is 11.3 Å². The van der Waals surface area contributed by atoms with Crippen molar-refractivity contribution < 1.29 is 27.4 Å². The molecule has 1 atom stereocenters. The molecule has 1 amide bonds. The maximum absolute atomic E-state index is 12.5. The number of rotatable bonds is 11. The van der Waals surface area contributed by atoms with E-state index in [1.54, 1.807) is 0 Å². The number of carbonyl (C=O) groups is 1. The molecule has 186 valence electrons. The minimum absolute atomic E-state index is 0.150. The highest BCUT2D eigenvalue weighted by atomic mass is 32.2. The van der Waals surface area contributed by atoms with Crippen molar-refractivity contribution in [2.45, 2.75) is 31.9 Å². The van der Waals surface area contributed by atoms with Crippen molar-refractivity contribution in [2.75, 3.05) is 13.3 Å². The molecular formula is C23H26N4O6S2. The zero-order valence-corrected chi connectivity index (χ0v) is 20.4. The molecule has 4 N–H and O–H groups in total. The number of benzene rings is 2. The van der Waals surface area contributed by atoms with Crippen molar-refractivity contribution in [3.63, 3.8) is 0 Å². The van der Waals surface area contributed by atoms with Crippen LogP contribution < -0.4 is 24.7 Å². The molecule has 2 heterocycles. The zero-order valence-electron chi connectivity index (χ0n) is 18.8. The molecular weight excluding hydrogens is 492 g/mol. The Balaban J connectivity index is 1.41. The molecule has 12 heteroatoms. The molecule has 0 bridgehead atoms. The first-order valence-corrected chi connectivity index (χ1v) is 13.4. The molecule has 0 radical (unpaired) electrons. The highest BCUT2D eigenvalue weighted by Crippen LogP contribution is 2.37. The summed E-state index contributed by atoms with van der Waals surface area (Å²) in [7, 11) is -3.73. The van der Waals surface area contributed by atoms with Crippen LogP contribution >= 0.6 is 11.3 Å². The van der Waals surface area contributed by atoms with Crippen LogP contribution in [0.1, 0.15) is 36.6 Å². The summed E-state index contributed by atoms with van der Waals surface area (Å²) < 4.78 is 40.6. The number of fused-ring (bicyclic) bond motifs is 1. The zero-order chi connectivity index (χ0) is 24.7. The van der Waals surface area contributed by atoms with Gasteiger partial charge in [-0.2, -0.15) is 8.42 Å². The topological polar surface area (TPSA) is 142 Å². The van der Waals surface area contributed by atoms with E-state index in [9.17, 15) is 13.2 Å². The Labute approximate surface area is 207 Å². The highest BCUT2D eigenvalue weighted by molar-refractivity contribution is 7.87. The first-order chi connectivity index (χ1) is 16.9. The highest BCUT2D eigenvalue weighted by Gasteiger charge is 2.20. The van der Waals surface area contributed by atoms with Crippen molar-refractivity contribution in [3.8, 4) is 22.1 Å². The van der Waals surface area contributed by atoms with E-state index in [2.05, 4.69) is 10.0 Å². The van der Waals surface area contributed by atoms with Crippen LogP contribution in [0.25, 0.3) is 10.6 Å². The predicted octanol–water partition coefficient (Wildman–Crippen LogP) is 3.47. The molecule has 0 unspecified atom stereocenters. The number of nitrogens with two attached hydrogens (primary N) is 1. The SMILES string of the molecule is NS(=O)(=O)NCCCC[C@H](NC(=O)OCc1ccccc1)c1csc(-c2ccc3c(c2)OCO3)n1. The van der Waals surface area contributed by atoms with E-state index in [1.807, 2.05) is 53.9 Å². The summed E-state index contributed by atoms with van der Waals surface area (Å²) in [5.41, 5.74) is 2.46. The van der Waals surface area contributed by atoms with Gasteiger partial charge in [-0.3, -0.25) is 0 Å². The van der Waals surface area contributed by atoms with Gasteiger partial charge in [0.05, 0.1) is 11.7 Å². The average molecular weight is 519 g/mol. The number of thiazole rings is 1. The molecule has 0 saturated heterocycles. The largest absolute Gasteiger partial charge is 0.454 e. The van der Waals surface area contributed by atoms with Crippen LogP contribution in [-0.2, 0) is 21.6 Å². The average Bonchev–Trinajstić information content (AvgIpc) is 3.51. The first kappa shape index (κ1) is 24.9. The van der Waals surface area contributed by atoms with Crippen LogP contribution in [0.15, 0.2) is 53.9 Å². The Morgan fingerprint density at radius 2 is 1.94 bits per heavy atom. The van der Waals surface area contributed by atoms with Crippen LogP contribution in [0, 0.1) is 0 Å². The van der Waals surface area contributed by atoms with E-state index in [1.165, 1.54) is 11.3 Å². The Kier molecular flexibility index (Phi) is 8.18. The number of hydrogen-bond donors (Lipinski definition) is 3. The number of amides is 1. The summed E-state index contributed by atoms with van der Waals surface area (Å²) in [5, 5.41) is 10.5. The predicted molar refractivity (Wildman–Crippen MR) is 131 cm³/mol. The molecule has 0 spiro atoms. The van der Waals surface area contributed by atoms with E-state index < -0.39 is 22.3 Å². The first-order valence-electron chi connectivity index (χ1n) is 11.0. The number of carbonyl (C=O) groups excluding carboxylic acids is 1. The van der Waals surface area contributed by atoms with E-state index >= 15 is 0 Å². The van der Waals surface area contributed by atoms with Crippen molar-refractivity contribution in [3.05, 3.63) is 65.2 Å². The van der Waals surface area contributed by atoms with Crippen LogP contribution in [0.4, 0.5) is 4.79 Å². The summed E-state index contributed by atoms with van der Waals surface area (Å²) in [5.74, 6) is 1.36. The van der Waals surface area contributed by atoms with E-state index in [0.717, 1.165) is 16.1 Å². The molecule has 1 aliphatic heterocycles. The van der Waals surface area contributed by atoms with Crippen molar-refractivity contribution in [1.82, 2.24) is 15.0 Å². The lowest BCUT2D eigenvalue weighted by molar-refractivity contribution is 0.134. The molecule has 0 fully saturated rings. The number of ether oxygens (including phenoxy) is 3. The molecule has 0 aliphatic carbocycles. The summed E-state index contributed by atoms with van der Waals surface area (Å²) in [6, 6.07) is 14.6. The van der Waals surface area contributed by atoms with Gasteiger partial charge in [0.25, 0.3) is 10.2 Å². The fourth-order valence-electron chi connectivity index (χ4n) is 3.50. The number of hydrogen-bond acceptors (Lipinski definition) is 8. The number of alkyl carbamates (subject to hydrolysis) is 1. The van der Waals surface area contributed by atoms with Crippen LogP contribution in [-0.4, -0.2) is 32.8 Å². The van der Waals surface area contributed by atoms with Gasteiger partial charge in [-0.05, 0) is 43.0 Å². The molecule has 2 aromatic carbocycles. The van der Waals surface area contributed by atoms with E-state index in [-0.39, 0.29) is 19.9 Å². The normalized spacial score (nSPS) is 13.4. The standard InChI is InChI=1S/C23H26N4O6S2/c24-35(29,30)25-11-5-4-8-18(27-23(28)31-13-16-6-2-1-3-7-16)19-14-34-22(26-19)17-9-10-20-21(12-17)33-15-32-20/h1-3,6-7,9-10,12,14,18,25H,4-5,8,11,13,15H2,(H,27,28)(H2,24,29,30)/t18-/m0/s1. The van der Waals surface area contributed by atoms with E-state index in [4.69, 9.17) is 24.3 Å². The third-order valence-corrected chi connectivity index (χ3v) is 6.74. The third-order valence-electron chi connectivity index (χ3n) is 5.23.